The molecular formula is C40H76O10. The predicted molar refractivity (Wildman–Crippen MR) is 197 cm³/mol. The summed E-state index contributed by atoms with van der Waals surface area (Å²) < 4.78 is 22.0. The summed E-state index contributed by atoms with van der Waals surface area (Å²) >= 11 is 0. The number of aliphatic hydroxyl groups excluding tert-OH is 4. The fourth-order valence-corrected chi connectivity index (χ4v) is 6.42. The van der Waals surface area contributed by atoms with Gasteiger partial charge in [0.15, 0.2) is 12.4 Å². The molecule has 10 heteroatoms. The van der Waals surface area contributed by atoms with E-state index in [0.29, 0.717) is 6.42 Å². The van der Waals surface area contributed by atoms with Crippen LogP contribution in [-0.4, -0.2) is 89.0 Å². The normalized spacial score (nSPS) is 21.3. The largest absolute Gasteiger partial charge is 0.462 e. The van der Waals surface area contributed by atoms with Gasteiger partial charge in [-0.05, 0) is 12.8 Å². The molecule has 296 valence electrons. The Morgan fingerprint density at radius 1 is 0.540 bits per heavy atom. The highest BCUT2D eigenvalue weighted by atomic mass is 16.7. The lowest BCUT2D eigenvalue weighted by Crippen LogP contribution is -2.59. The zero-order chi connectivity index (χ0) is 36.7. The molecule has 1 saturated heterocycles. The van der Waals surface area contributed by atoms with Crippen LogP contribution in [0.15, 0.2) is 0 Å². The van der Waals surface area contributed by atoms with E-state index in [0.717, 1.165) is 44.9 Å². The number of esters is 2. The van der Waals surface area contributed by atoms with Crippen LogP contribution < -0.4 is 0 Å². The van der Waals surface area contributed by atoms with E-state index >= 15 is 0 Å². The van der Waals surface area contributed by atoms with E-state index in [1.54, 1.807) is 0 Å². The van der Waals surface area contributed by atoms with Crippen molar-refractivity contribution in [2.45, 2.75) is 224 Å². The Labute approximate surface area is 304 Å². The monoisotopic (exact) mass is 717 g/mol. The molecule has 2 unspecified atom stereocenters. The van der Waals surface area contributed by atoms with Gasteiger partial charge >= 0.3 is 11.9 Å². The van der Waals surface area contributed by atoms with Crippen molar-refractivity contribution in [3.8, 4) is 0 Å². The Bertz CT molecular complexity index is 794. The average Bonchev–Trinajstić information content (AvgIpc) is 3.11. The number of ether oxygens (including phenoxy) is 4. The molecule has 0 saturated carbocycles. The number of hydrogen-bond donors (Lipinski definition) is 4. The second-order valence-corrected chi connectivity index (χ2v) is 14.5. The average molecular weight is 717 g/mol. The fourth-order valence-electron chi connectivity index (χ4n) is 6.42. The molecule has 1 aliphatic heterocycles. The van der Waals surface area contributed by atoms with Gasteiger partial charge in [0.2, 0.25) is 0 Å². The van der Waals surface area contributed by atoms with Gasteiger partial charge in [-0.2, -0.15) is 0 Å². The Kier molecular flexibility index (Phi) is 30.2. The number of hydrogen-bond acceptors (Lipinski definition) is 10. The van der Waals surface area contributed by atoms with E-state index in [4.69, 9.17) is 18.9 Å². The van der Waals surface area contributed by atoms with Gasteiger partial charge in [-0.1, -0.05) is 162 Å². The molecule has 0 aromatic carbocycles. The Morgan fingerprint density at radius 2 is 0.940 bits per heavy atom. The second-order valence-electron chi connectivity index (χ2n) is 14.5. The summed E-state index contributed by atoms with van der Waals surface area (Å²) in [5.41, 5.74) is 0. The van der Waals surface area contributed by atoms with Crippen LogP contribution in [0.1, 0.15) is 187 Å². The van der Waals surface area contributed by atoms with E-state index < -0.39 is 49.4 Å². The van der Waals surface area contributed by atoms with Crippen molar-refractivity contribution in [3.05, 3.63) is 0 Å². The second kappa shape index (κ2) is 32.4. The van der Waals surface area contributed by atoms with Crippen molar-refractivity contribution in [2.75, 3.05) is 19.8 Å². The molecule has 0 radical (unpaired) electrons. The molecular weight excluding hydrogens is 640 g/mol. The first-order valence-corrected chi connectivity index (χ1v) is 20.6. The zero-order valence-corrected chi connectivity index (χ0v) is 31.9. The number of aliphatic hydroxyl groups is 4. The van der Waals surface area contributed by atoms with Crippen molar-refractivity contribution in [1.82, 2.24) is 0 Å². The van der Waals surface area contributed by atoms with Crippen molar-refractivity contribution >= 4 is 11.9 Å². The van der Waals surface area contributed by atoms with Crippen LogP contribution >= 0.6 is 0 Å². The van der Waals surface area contributed by atoms with Gasteiger partial charge in [-0.15, -0.1) is 0 Å². The summed E-state index contributed by atoms with van der Waals surface area (Å²) in [6.07, 6.45) is 22.8. The highest BCUT2D eigenvalue weighted by Gasteiger charge is 2.44. The Morgan fingerprint density at radius 3 is 1.36 bits per heavy atom. The molecule has 0 aromatic heterocycles. The summed E-state index contributed by atoms with van der Waals surface area (Å²) in [5, 5.41) is 39.9. The van der Waals surface area contributed by atoms with Crippen LogP contribution in [0.3, 0.4) is 0 Å². The van der Waals surface area contributed by atoms with Crippen LogP contribution in [0, 0.1) is 0 Å². The van der Waals surface area contributed by atoms with Gasteiger partial charge in [0.25, 0.3) is 0 Å². The topological polar surface area (TPSA) is 152 Å². The van der Waals surface area contributed by atoms with E-state index in [2.05, 4.69) is 13.8 Å². The number of carbonyl (C=O) groups excluding carboxylic acids is 2. The van der Waals surface area contributed by atoms with Crippen molar-refractivity contribution in [1.29, 1.82) is 0 Å². The first-order valence-electron chi connectivity index (χ1n) is 20.6. The van der Waals surface area contributed by atoms with Crippen LogP contribution in [0.5, 0.6) is 0 Å². The Balaban J connectivity index is 2.29. The van der Waals surface area contributed by atoms with E-state index in [1.165, 1.54) is 109 Å². The van der Waals surface area contributed by atoms with Crippen LogP contribution in [-0.2, 0) is 28.5 Å². The molecule has 1 heterocycles. The lowest BCUT2D eigenvalue weighted by molar-refractivity contribution is -0.305. The molecule has 1 rings (SSSR count). The zero-order valence-electron chi connectivity index (χ0n) is 31.9. The molecule has 1 fully saturated rings. The lowest BCUT2D eigenvalue weighted by atomic mass is 9.99. The van der Waals surface area contributed by atoms with Crippen molar-refractivity contribution in [3.63, 3.8) is 0 Å². The van der Waals surface area contributed by atoms with Gasteiger partial charge in [0, 0.05) is 12.8 Å². The first kappa shape index (κ1) is 46.7. The lowest BCUT2D eigenvalue weighted by Gasteiger charge is -2.39. The first-order chi connectivity index (χ1) is 24.3. The maximum atomic E-state index is 12.7. The molecule has 1 aliphatic rings. The SMILES string of the molecule is CCCCCCCCCCCCCCCCCCCCC(=O)O[C@H](COC(=O)CCCCCCCCC)CO[C@H]1O[C@@H](CO)[C@@H](O)C(O)C1O. The predicted octanol–water partition coefficient (Wildman–Crippen LogP) is 7.83. The van der Waals surface area contributed by atoms with Crippen molar-refractivity contribution < 1.29 is 49.0 Å². The highest BCUT2D eigenvalue weighted by Crippen LogP contribution is 2.23. The third-order valence-corrected chi connectivity index (χ3v) is 9.74. The molecule has 0 bridgehead atoms. The minimum Gasteiger partial charge on any atom is -0.462 e. The third-order valence-electron chi connectivity index (χ3n) is 9.74. The minimum atomic E-state index is -1.59. The molecule has 0 amide bonds. The summed E-state index contributed by atoms with van der Waals surface area (Å²) in [5.74, 6) is -0.803. The quantitative estimate of drug-likeness (QED) is 0.0383. The number of carbonyl (C=O) groups is 2. The number of rotatable bonds is 34. The van der Waals surface area contributed by atoms with Gasteiger partial charge < -0.3 is 39.4 Å². The summed E-state index contributed by atoms with van der Waals surface area (Å²) in [6, 6.07) is 0. The maximum absolute atomic E-state index is 12.7. The molecule has 50 heavy (non-hydrogen) atoms. The van der Waals surface area contributed by atoms with E-state index in [9.17, 15) is 30.0 Å². The van der Waals surface area contributed by atoms with Gasteiger partial charge in [-0.25, -0.2) is 0 Å². The smallest absolute Gasteiger partial charge is 0.306 e. The molecule has 0 spiro atoms. The summed E-state index contributed by atoms with van der Waals surface area (Å²) in [6.45, 7) is 3.38. The Hall–Kier alpha value is -1.30. The molecule has 10 nitrogen and oxygen atoms in total. The molecule has 0 aromatic rings. The maximum Gasteiger partial charge on any atom is 0.306 e. The number of unbranched alkanes of at least 4 members (excludes halogenated alkanes) is 23. The molecule has 4 N–H and O–H groups in total. The molecule has 6 atom stereocenters. The minimum absolute atomic E-state index is 0.211. The van der Waals surface area contributed by atoms with Gasteiger partial charge in [-0.3, -0.25) is 9.59 Å². The van der Waals surface area contributed by atoms with Crippen molar-refractivity contribution in [2.24, 2.45) is 0 Å². The van der Waals surface area contributed by atoms with Gasteiger partial charge in [0.05, 0.1) is 13.2 Å². The van der Waals surface area contributed by atoms with Crippen LogP contribution in [0.2, 0.25) is 0 Å². The van der Waals surface area contributed by atoms with Crippen LogP contribution in [0.4, 0.5) is 0 Å². The molecule has 0 aliphatic carbocycles. The summed E-state index contributed by atoms with van der Waals surface area (Å²) in [7, 11) is 0. The van der Waals surface area contributed by atoms with E-state index in [-0.39, 0.29) is 32.0 Å². The van der Waals surface area contributed by atoms with Crippen LogP contribution in [0.25, 0.3) is 0 Å². The summed E-state index contributed by atoms with van der Waals surface area (Å²) in [4.78, 5) is 25.1. The van der Waals surface area contributed by atoms with Gasteiger partial charge in [0.1, 0.15) is 31.0 Å². The third kappa shape index (κ3) is 24.0. The fraction of sp³-hybridized carbons (Fsp3) is 0.950. The standard InChI is InChI=1S/C40H76O10/c1-3-5-7-9-11-12-13-14-15-16-17-18-19-20-21-23-25-27-29-36(43)49-33(31-47-35(42)28-26-24-22-10-8-6-4-2)32-48-40-39(46)38(45)37(44)34(30-41)50-40/h33-34,37-41,44-46H,3-32H2,1-2H3/t33-,34+,37-,38?,39?,40+/m1/s1. The highest BCUT2D eigenvalue weighted by molar-refractivity contribution is 5.70. The van der Waals surface area contributed by atoms with E-state index in [1.807, 2.05) is 0 Å².